The second-order valence-corrected chi connectivity index (χ2v) is 13.0. The first kappa shape index (κ1) is 24.5. The number of piperidine rings is 1. The van der Waals surface area contributed by atoms with Gasteiger partial charge in [-0.1, -0.05) is 54.6 Å². The maximum absolute atomic E-state index is 13.1. The van der Waals surface area contributed by atoms with Crippen molar-refractivity contribution in [1.82, 2.24) is 4.72 Å². The van der Waals surface area contributed by atoms with Gasteiger partial charge in [0.1, 0.15) is 4.75 Å². The number of hydrogen-bond donors (Lipinski definition) is 2. The molecule has 1 unspecified atom stereocenters. The summed E-state index contributed by atoms with van der Waals surface area (Å²) in [5.41, 5.74) is 2.71. The van der Waals surface area contributed by atoms with Gasteiger partial charge in [-0.15, -0.1) is 0 Å². The smallest absolute Gasteiger partial charge is 0.261 e. The fourth-order valence-corrected chi connectivity index (χ4v) is 6.69. The van der Waals surface area contributed by atoms with Crippen LogP contribution in [0.1, 0.15) is 37.7 Å². The number of hydrogen-bond acceptors (Lipinski definition) is 5. The molecule has 1 aliphatic heterocycles. The van der Waals surface area contributed by atoms with Crippen LogP contribution in [0.5, 0.6) is 0 Å². The summed E-state index contributed by atoms with van der Waals surface area (Å²) in [4.78, 5) is 2.28. The van der Waals surface area contributed by atoms with E-state index in [0.29, 0.717) is 11.6 Å². The highest BCUT2D eigenvalue weighted by atomic mass is 32.2. The van der Waals surface area contributed by atoms with E-state index in [1.54, 1.807) is 19.1 Å². The third-order valence-corrected chi connectivity index (χ3v) is 10.2. The lowest BCUT2D eigenvalue weighted by Gasteiger charge is -2.35. The molecule has 182 valence electrons. The Morgan fingerprint density at radius 3 is 2.21 bits per heavy atom. The fraction of sp³-hybridized carbons (Fsp3) is 0.360. The van der Waals surface area contributed by atoms with E-state index < -0.39 is 24.8 Å². The minimum atomic E-state index is -3.87. The predicted molar refractivity (Wildman–Crippen MR) is 138 cm³/mol. The molecule has 2 aromatic rings. The Bertz CT molecular complexity index is 1300. The molecule has 0 amide bonds. The number of anilines is 2. The molecule has 9 heteroatoms. The molecule has 4 rings (SSSR count). The zero-order valence-electron chi connectivity index (χ0n) is 19.4. The average molecular weight is 502 g/mol. The Morgan fingerprint density at radius 2 is 1.59 bits per heavy atom. The second kappa shape index (κ2) is 9.56. The molecular formula is C25H31N3O4S2. The van der Waals surface area contributed by atoms with E-state index in [2.05, 4.69) is 38.6 Å². The highest BCUT2D eigenvalue weighted by molar-refractivity contribution is 7.96. The van der Waals surface area contributed by atoms with Crippen LogP contribution in [0.25, 0.3) is 0 Å². The summed E-state index contributed by atoms with van der Waals surface area (Å²) in [5, 5.41) is 0. The first-order chi connectivity index (χ1) is 16.2. The van der Waals surface area contributed by atoms with Crippen molar-refractivity contribution in [2.24, 2.45) is 0 Å². The summed E-state index contributed by atoms with van der Waals surface area (Å²) in [6.07, 6.45) is 6.33. The summed E-state index contributed by atoms with van der Waals surface area (Å²) in [7, 11) is -6.12. The molecule has 1 atom stereocenters. The number of nitrogens with zero attached hydrogens (tertiary/aromatic N) is 1. The van der Waals surface area contributed by atoms with Crippen molar-refractivity contribution in [2.75, 3.05) is 29.8 Å². The Morgan fingerprint density at radius 1 is 0.941 bits per heavy atom. The normalized spacial score (nSPS) is 21.8. The number of rotatable bonds is 7. The first-order valence-corrected chi connectivity index (χ1v) is 14.4. The summed E-state index contributed by atoms with van der Waals surface area (Å²) < 4.78 is 54.7. The highest BCUT2D eigenvalue weighted by Crippen LogP contribution is 2.35. The number of allylic oxidation sites excluding steroid dienone is 2. The van der Waals surface area contributed by atoms with Gasteiger partial charge in [0.2, 0.25) is 10.0 Å². The van der Waals surface area contributed by atoms with Gasteiger partial charge in [-0.25, -0.2) is 21.6 Å². The summed E-state index contributed by atoms with van der Waals surface area (Å²) in [6.45, 7) is 3.24. The van der Waals surface area contributed by atoms with Crippen molar-refractivity contribution in [1.29, 1.82) is 0 Å². The Kier molecular flexibility index (Phi) is 6.89. The Balaban J connectivity index is 1.49. The van der Waals surface area contributed by atoms with E-state index in [-0.39, 0.29) is 11.3 Å². The summed E-state index contributed by atoms with van der Waals surface area (Å²) in [6, 6.07) is 17.9. The van der Waals surface area contributed by atoms with Gasteiger partial charge in [-0.3, -0.25) is 4.72 Å². The molecule has 2 aromatic carbocycles. The first-order valence-electron chi connectivity index (χ1n) is 11.4. The zero-order chi connectivity index (χ0) is 24.4. The van der Waals surface area contributed by atoms with Gasteiger partial charge < -0.3 is 4.90 Å². The molecule has 0 bridgehead atoms. The van der Waals surface area contributed by atoms with Crippen molar-refractivity contribution in [2.45, 2.75) is 36.9 Å². The van der Waals surface area contributed by atoms with Crippen molar-refractivity contribution in [3.63, 3.8) is 0 Å². The van der Waals surface area contributed by atoms with Crippen LogP contribution in [0.2, 0.25) is 0 Å². The van der Waals surface area contributed by atoms with E-state index >= 15 is 0 Å². The fourth-order valence-electron chi connectivity index (χ4n) is 4.55. The van der Waals surface area contributed by atoms with Crippen LogP contribution >= 0.6 is 0 Å². The van der Waals surface area contributed by atoms with Crippen LogP contribution in [0.4, 0.5) is 11.4 Å². The van der Waals surface area contributed by atoms with Gasteiger partial charge in [0.15, 0.2) is 0 Å². The molecule has 2 aliphatic rings. The third-order valence-electron chi connectivity index (χ3n) is 6.76. The molecule has 0 spiro atoms. The van der Waals surface area contributed by atoms with E-state index in [1.165, 1.54) is 30.8 Å². The topological polar surface area (TPSA) is 95.6 Å². The van der Waals surface area contributed by atoms with E-state index in [0.717, 1.165) is 31.6 Å². The van der Waals surface area contributed by atoms with E-state index in [1.807, 2.05) is 18.2 Å². The largest absolute Gasteiger partial charge is 0.370 e. The molecule has 7 nitrogen and oxygen atoms in total. The van der Waals surface area contributed by atoms with Crippen LogP contribution in [0.15, 0.2) is 77.7 Å². The number of benzene rings is 2. The quantitative estimate of drug-likeness (QED) is 0.599. The maximum Gasteiger partial charge on any atom is 0.261 e. The van der Waals surface area contributed by atoms with Crippen LogP contribution in [0.3, 0.4) is 0 Å². The molecule has 2 N–H and O–H groups in total. The van der Waals surface area contributed by atoms with E-state index in [9.17, 15) is 16.8 Å². The highest BCUT2D eigenvalue weighted by Gasteiger charge is 2.37. The third kappa shape index (κ3) is 4.92. The Hall–Kier alpha value is -2.62. The lowest BCUT2D eigenvalue weighted by molar-refractivity contribution is 0.506. The molecular weight excluding hydrogens is 470 g/mol. The van der Waals surface area contributed by atoms with Crippen LogP contribution in [-0.4, -0.2) is 41.7 Å². The Labute approximate surface area is 202 Å². The number of para-hydroxylation sites is 2. The van der Waals surface area contributed by atoms with Crippen molar-refractivity contribution < 1.29 is 16.8 Å². The molecule has 0 aromatic heterocycles. The van der Waals surface area contributed by atoms with Crippen molar-refractivity contribution in [3.8, 4) is 0 Å². The minimum absolute atomic E-state index is 0.0638. The summed E-state index contributed by atoms with van der Waals surface area (Å²) >= 11 is 0. The average Bonchev–Trinajstić information content (AvgIpc) is 2.85. The van der Waals surface area contributed by atoms with Gasteiger partial charge >= 0.3 is 0 Å². The molecule has 1 aliphatic carbocycles. The van der Waals surface area contributed by atoms with Gasteiger partial charge in [0, 0.05) is 13.1 Å². The zero-order valence-corrected chi connectivity index (χ0v) is 21.1. The molecule has 1 heterocycles. The van der Waals surface area contributed by atoms with E-state index in [4.69, 9.17) is 0 Å². The van der Waals surface area contributed by atoms with Crippen LogP contribution < -0.4 is 14.3 Å². The molecule has 0 saturated carbocycles. The van der Waals surface area contributed by atoms with Gasteiger partial charge in [0.05, 0.1) is 16.3 Å². The molecule has 1 fully saturated rings. The lowest BCUT2D eigenvalue weighted by atomic mass is 9.89. The predicted octanol–water partition coefficient (Wildman–Crippen LogP) is 3.96. The lowest BCUT2D eigenvalue weighted by Crippen LogP contribution is -2.41. The van der Waals surface area contributed by atoms with Gasteiger partial charge in [-0.2, -0.15) is 0 Å². The second-order valence-electron chi connectivity index (χ2n) is 8.96. The number of nitrogens with one attached hydrogen (secondary N) is 2. The number of sulfonamides is 2. The van der Waals surface area contributed by atoms with Crippen LogP contribution in [-0.2, 0) is 20.0 Å². The molecule has 34 heavy (non-hydrogen) atoms. The standard InChI is InChI=1S/C25H31N3O4S2/c1-25(34(31,32)26-2)16-12-22(13-17-25)33(29,30)27-23-10-6-7-11-24(23)28-18-14-21(15-19-28)20-8-4-3-5-9-20/h3-13,16,21,26-27H,14-15,17-19H2,1-2H3. The maximum atomic E-state index is 13.1. The summed E-state index contributed by atoms with van der Waals surface area (Å²) in [5.74, 6) is 0.502. The van der Waals surface area contributed by atoms with Crippen LogP contribution in [0, 0.1) is 0 Å². The minimum Gasteiger partial charge on any atom is -0.370 e. The van der Waals surface area contributed by atoms with Gasteiger partial charge in [0.25, 0.3) is 10.0 Å². The SMILES string of the molecule is CNS(=O)(=O)C1(C)C=CC(S(=O)(=O)Nc2ccccc2N2CCC(c3ccccc3)CC2)=CC1. The molecule has 1 saturated heterocycles. The monoisotopic (exact) mass is 501 g/mol. The molecule has 0 radical (unpaired) electrons. The van der Waals surface area contributed by atoms with Crippen molar-refractivity contribution in [3.05, 3.63) is 83.3 Å². The van der Waals surface area contributed by atoms with Gasteiger partial charge in [-0.05, 0) is 62.9 Å². The van der Waals surface area contributed by atoms with Crippen molar-refractivity contribution >= 4 is 31.4 Å².